The van der Waals surface area contributed by atoms with Gasteiger partial charge in [0.05, 0.1) is 0 Å². The van der Waals surface area contributed by atoms with E-state index >= 15 is 0 Å². The lowest BCUT2D eigenvalue weighted by atomic mass is 10.1. The molecule has 5 nitrogen and oxygen atoms in total. The van der Waals surface area contributed by atoms with Gasteiger partial charge in [0, 0.05) is 44.1 Å². The topological polar surface area (TPSA) is 53.8 Å². The summed E-state index contributed by atoms with van der Waals surface area (Å²) in [6.45, 7) is 5.98. The molecular formula is C17H20N2O3. The minimum Gasteiger partial charge on any atom is -0.451 e. The monoisotopic (exact) mass is 300 g/mol. The molecule has 0 N–H and O–H groups in total. The van der Waals surface area contributed by atoms with Gasteiger partial charge in [0.1, 0.15) is 5.58 Å². The molecule has 0 aliphatic carbocycles. The molecule has 5 heteroatoms. The Hall–Kier alpha value is -2.30. The van der Waals surface area contributed by atoms with Gasteiger partial charge >= 0.3 is 0 Å². The number of rotatable bonds is 1. The molecular weight excluding hydrogens is 280 g/mol. The molecule has 2 heterocycles. The second-order valence-electron chi connectivity index (χ2n) is 5.70. The molecule has 0 radical (unpaired) electrons. The first-order valence-electron chi connectivity index (χ1n) is 7.61. The summed E-state index contributed by atoms with van der Waals surface area (Å²) in [4.78, 5) is 27.8. The van der Waals surface area contributed by atoms with Crippen LogP contribution in [0.4, 0.5) is 0 Å². The van der Waals surface area contributed by atoms with E-state index in [1.54, 1.807) is 16.7 Å². The van der Waals surface area contributed by atoms with Crippen molar-refractivity contribution in [2.24, 2.45) is 0 Å². The fourth-order valence-corrected chi connectivity index (χ4v) is 2.96. The average Bonchev–Trinajstić information content (AvgIpc) is 2.71. The third kappa shape index (κ3) is 2.58. The smallest absolute Gasteiger partial charge is 0.289 e. The number of nitrogens with zero attached hydrogens (tertiary/aromatic N) is 2. The zero-order valence-electron chi connectivity index (χ0n) is 13.0. The second kappa shape index (κ2) is 5.83. The molecule has 0 unspecified atom stereocenters. The number of hydrogen-bond donors (Lipinski definition) is 0. The molecule has 1 aromatic heterocycles. The van der Waals surface area contributed by atoms with Crippen LogP contribution in [0.3, 0.4) is 0 Å². The zero-order chi connectivity index (χ0) is 15.7. The van der Waals surface area contributed by atoms with Crippen molar-refractivity contribution >= 4 is 22.8 Å². The summed E-state index contributed by atoms with van der Waals surface area (Å²) < 4.78 is 5.76. The van der Waals surface area contributed by atoms with Gasteiger partial charge in [0.15, 0.2) is 5.76 Å². The highest BCUT2D eigenvalue weighted by molar-refractivity contribution is 5.99. The molecule has 116 valence electrons. The fourth-order valence-electron chi connectivity index (χ4n) is 2.96. The fraction of sp³-hybridized carbons (Fsp3) is 0.412. The quantitative estimate of drug-likeness (QED) is 0.813. The Morgan fingerprint density at radius 1 is 1.05 bits per heavy atom. The zero-order valence-corrected chi connectivity index (χ0v) is 13.0. The minimum absolute atomic E-state index is 0.0641. The molecule has 1 saturated heterocycles. The molecule has 2 aromatic rings. The first kappa shape index (κ1) is 14.6. The van der Waals surface area contributed by atoms with Crippen molar-refractivity contribution in [1.29, 1.82) is 0 Å². The molecule has 2 amide bonds. The van der Waals surface area contributed by atoms with Crippen molar-refractivity contribution in [2.45, 2.75) is 20.3 Å². The molecule has 1 aliphatic rings. The van der Waals surface area contributed by atoms with Crippen LogP contribution in [-0.4, -0.2) is 47.8 Å². The third-order valence-corrected chi connectivity index (χ3v) is 4.27. The maximum absolute atomic E-state index is 12.7. The van der Waals surface area contributed by atoms with Crippen molar-refractivity contribution in [3.63, 3.8) is 0 Å². The Morgan fingerprint density at radius 2 is 1.73 bits per heavy atom. The molecule has 22 heavy (non-hydrogen) atoms. The Balaban J connectivity index is 1.83. The van der Waals surface area contributed by atoms with Gasteiger partial charge in [0.2, 0.25) is 5.91 Å². The summed E-state index contributed by atoms with van der Waals surface area (Å²) >= 11 is 0. The Bertz CT molecular complexity index is 720. The van der Waals surface area contributed by atoms with Crippen molar-refractivity contribution in [1.82, 2.24) is 9.80 Å². The maximum Gasteiger partial charge on any atom is 0.289 e. The lowest BCUT2D eigenvalue weighted by Gasteiger charge is -2.20. The summed E-state index contributed by atoms with van der Waals surface area (Å²) in [5.41, 5.74) is 1.62. The van der Waals surface area contributed by atoms with Crippen LogP contribution in [-0.2, 0) is 4.79 Å². The molecule has 3 rings (SSSR count). The first-order chi connectivity index (χ1) is 10.6. The van der Waals surface area contributed by atoms with Crippen molar-refractivity contribution in [2.75, 3.05) is 26.2 Å². The summed E-state index contributed by atoms with van der Waals surface area (Å²) in [5.74, 6) is 0.394. The van der Waals surface area contributed by atoms with Gasteiger partial charge in [-0.1, -0.05) is 18.2 Å². The van der Waals surface area contributed by atoms with Gasteiger partial charge in [0.25, 0.3) is 5.91 Å². The molecule has 1 aliphatic heterocycles. The Morgan fingerprint density at radius 3 is 2.45 bits per heavy atom. The summed E-state index contributed by atoms with van der Waals surface area (Å²) in [6.07, 6.45) is 0.796. The number of hydrogen-bond acceptors (Lipinski definition) is 3. The number of para-hydroxylation sites is 1. The lowest BCUT2D eigenvalue weighted by Crippen LogP contribution is -2.36. The minimum atomic E-state index is -0.0842. The van der Waals surface area contributed by atoms with Crippen LogP contribution in [0.5, 0.6) is 0 Å². The second-order valence-corrected chi connectivity index (χ2v) is 5.70. The van der Waals surface area contributed by atoms with E-state index in [0.29, 0.717) is 31.9 Å². The molecule has 0 saturated carbocycles. The van der Waals surface area contributed by atoms with Gasteiger partial charge in [-0.25, -0.2) is 0 Å². The van der Waals surface area contributed by atoms with Gasteiger partial charge in [-0.05, 0) is 19.4 Å². The number of furan rings is 1. The standard InChI is InChI=1S/C17H20N2O3/c1-12-14-6-3-4-7-15(14)22-16(12)17(21)19-9-5-8-18(10-11-19)13(2)20/h3-4,6-7H,5,8-11H2,1-2H3. The van der Waals surface area contributed by atoms with Crippen LogP contribution in [0, 0.1) is 6.92 Å². The van der Waals surface area contributed by atoms with E-state index in [1.807, 2.05) is 31.2 Å². The molecule has 0 spiro atoms. The van der Waals surface area contributed by atoms with Gasteiger partial charge < -0.3 is 14.2 Å². The Kier molecular flexibility index (Phi) is 3.88. The van der Waals surface area contributed by atoms with E-state index in [9.17, 15) is 9.59 Å². The summed E-state index contributed by atoms with van der Waals surface area (Å²) in [6, 6.07) is 7.68. The van der Waals surface area contributed by atoms with E-state index in [4.69, 9.17) is 4.42 Å². The van der Waals surface area contributed by atoms with Crippen LogP contribution in [0.25, 0.3) is 11.0 Å². The number of amides is 2. The molecule has 1 fully saturated rings. The van der Waals surface area contributed by atoms with Crippen molar-refractivity contribution in [3.8, 4) is 0 Å². The Labute approximate surface area is 129 Å². The van der Waals surface area contributed by atoms with Crippen LogP contribution in [0.2, 0.25) is 0 Å². The van der Waals surface area contributed by atoms with E-state index in [1.165, 1.54) is 0 Å². The van der Waals surface area contributed by atoms with Crippen LogP contribution in [0.15, 0.2) is 28.7 Å². The SMILES string of the molecule is CC(=O)N1CCCN(C(=O)c2oc3ccccc3c2C)CC1. The number of carbonyl (C=O) groups excluding carboxylic acids is 2. The maximum atomic E-state index is 12.7. The molecule has 0 atom stereocenters. The summed E-state index contributed by atoms with van der Waals surface area (Å²) in [5, 5.41) is 0.978. The highest BCUT2D eigenvalue weighted by atomic mass is 16.3. The molecule has 0 bridgehead atoms. The molecule has 1 aromatic carbocycles. The third-order valence-electron chi connectivity index (χ3n) is 4.27. The highest BCUT2D eigenvalue weighted by Crippen LogP contribution is 2.26. The van der Waals surface area contributed by atoms with E-state index < -0.39 is 0 Å². The van der Waals surface area contributed by atoms with E-state index in [2.05, 4.69) is 0 Å². The van der Waals surface area contributed by atoms with Crippen molar-refractivity contribution < 1.29 is 14.0 Å². The number of benzene rings is 1. The lowest BCUT2D eigenvalue weighted by molar-refractivity contribution is -0.128. The number of carbonyl (C=O) groups is 2. The summed E-state index contributed by atoms with van der Waals surface area (Å²) in [7, 11) is 0. The van der Waals surface area contributed by atoms with Crippen molar-refractivity contribution in [3.05, 3.63) is 35.6 Å². The number of aryl methyl sites for hydroxylation is 1. The normalized spacial score (nSPS) is 15.9. The average molecular weight is 300 g/mol. The van der Waals surface area contributed by atoms with Crippen LogP contribution in [0.1, 0.15) is 29.5 Å². The number of fused-ring (bicyclic) bond motifs is 1. The van der Waals surface area contributed by atoms with Gasteiger partial charge in [-0.3, -0.25) is 9.59 Å². The largest absolute Gasteiger partial charge is 0.451 e. The van der Waals surface area contributed by atoms with Crippen LogP contribution >= 0.6 is 0 Å². The van der Waals surface area contributed by atoms with E-state index in [0.717, 1.165) is 23.0 Å². The predicted molar refractivity (Wildman–Crippen MR) is 83.7 cm³/mol. The van der Waals surface area contributed by atoms with E-state index in [-0.39, 0.29) is 11.8 Å². The predicted octanol–water partition coefficient (Wildman–Crippen LogP) is 2.44. The van der Waals surface area contributed by atoms with Gasteiger partial charge in [-0.2, -0.15) is 0 Å². The van der Waals surface area contributed by atoms with Gasteiger partial charge in [-0.15, -0.1) is 0 Å². The highest BCUT2D eigenvalue weighted by Gasteiger charge is 2.25. The van der Waals surface area contributed by atoms with Crippen LogP contribution < -0.4 is 0 Å². The first-order valence-corrected chi connectivity index (χ1v) is 7.61.